The number of ether oxygens (including phenoxy) is 2. The first-order valence-electron chi connectivity index (χ1n) is 6.09. The molecule has 16 heavy (non-hydrogen) atoms. The Kier molecular flexibility index (Phi) is 7.06. The highest BCUT2D eigenvalue weighted by Gasteiger charge is 2.22. The third kappa shape index (κ3) is 6.29. The van der Waals surface area contributed by atoms with E-state index in [1.54, 1.807) is 0 Å². The first kappa shape index (κ1) is 14.6. The Morgan fingerprint density at radius 2 is 1.19 bits per heavy atom. The van der Waals surface area contributed by atoms with Crippen LogP contribution in [0.5, 0.6) is 0 Å². The highest BCUT2D eigenvalue weighted by Crippen LogP contribution is 2.29. The monoisotopic (exact) mass is 268 g/mol. The summed E-state index contributed by atoms with van der Waals surface area (Å²) >= 11 is 11.5. The summed E-state index contributed by atoms with van der Waals surface area (Å²) in [5.41, 5.74) is -0.337. The molecule has 0 aromatic heterocycles. The Morgan fingerprint density at radius 1 is 0.875 bits per heavy atom. The van der Waals surface area contributed by atoms with Gasteiger partial charge in [-0.1, -0.05) is 23.2 Å². The van der Waals surface area contributed by atoms with Gasteiger partial charge in [0.1, 0.15) is 11.1 Å². The van der Waals surface area contributed by atoms with E-state index in [9.17, 15) is 0 Å². The summed E-state index contributed by atoms with van der Waals surface area (Å²) in [5, 5.41) is 0. The van der Waals surface area contributed by atoms with Gasteiger partial charge in [0.05, 0.1) is 13.2 Å². The van der Waals surface area contributed by atoms with E-state index in [1.807, 2.05) is 13.8 Å². The molecule has 0 aromatic carbocycles. The maximum Gasteiger partial charge on any atom is 0.128 e. The first-order valence-corrected chi connectivity index (χ1v) is 6.96. The molecule has 0 amide bonds. The van der Waals surface area contributed by atoms with Crippen LogP contribution < -0.4 is 0 Å². The second-order valence-electron chi connectivity index (χ2n) is 4.64. The fraction of sp³-hybridized carbons (Fsp3) is 1.00. The zero-order valence-corrected chi connectivity index (χ0v) is 11.6. The maximum absolute atomic E-state index is 5.75. The third-order valence-electron chi connectivity index (χ3n) is 3.09. The number of rotatable bonds is 6. The number of halogens is 2. The van der Waals surface area contributed by atoms with E-state index in [4.69, 9.17) is 32.7 Å². The van der Waals surface area contributed by atoms with Gasteiger partial charge in [0, 0.05) is 0 Å². The zero-order chi connectivity index (χ0) is 12.0. The van der Waals surface area contributed by atoms with Crippen LogP contribution >= 0.6 is 23.2 Å². The van der Waals surface area contributed by atoms with Crippen molar-refractivity contribution in [3.8, 4) is 0 Å². The number of hydrogen-bond acceptors (Lipinski definition) is 2. The first-order chi connectivity index (χ1) is 7.58. The van der Waals surface area contributed by atoms with Gasteiger partial charge in [-0.05, 0) is 51.4 Å². The lowest BCUT2D eigenvalue weighted by molar-refractivity contribution is 0.0393. The predicted molar refractivity (Wildman–Crippen MR) is 68.0 cm³/mol. The van der Waals surface area contributed by atoms with Crippen LogP contribution in [0.2, 0.25) is 0 Å². The van der Waals surface area contributed by atoms with E-state index in [0.717, 1.165) is 13.2 Å². The molecule has 1 aliphatic rings. The Hall–Kier alpha value is 0.500. The van der Waals surface area contributed by atoms with Crippen LogP contribution in [0.4, 0.5) is 0 Å². The van der Waals surface area contributed by atoms with Gasteiger partial charge in [0.2, 0.25) is 0 Å². The van der Waals surface area contributed by atoms with Crippen molar-refractivity contribution in [2.75, 3.05) is 13.2 Å². The molecular weight excluding hydrogens is 247 g/mol. The Labute approximate surface area is 109 Å². The number of hydrogen-bond donors (Lipinski definition) is 0. The second kappa shape index (κ2) is 7.75. The van der Waals surface area contributed by atoms with Crippen LogP contribution in [0.1, 0.15) is 39.5 Å². The Bertz CT molecular complexity index is 158. The lowest BCUT2D eigenvalue weighted by Crippen LogP contribution is -2.23. The van der Waals surface area contributed by atoms with E-state index >= 15 is 0 Å². The summed E-state index contributed by atoms with van der Waals surface area (Å²) in [6.45, 7) is 5.32. The van der Waals surface area contributed by atoms with Crippen LogP contribution in [0.3, 0.4) is 0 Å². The van der Waals surface area contributed by atoms with Gasteiger partial charge in [-0.15, -0.1) is 0 Å². The second-order valence-corrected chi connectivity index (χ2v) is 5.87. The van der Waals surface area contributed by atoms with E-state index in [2.05, 4.69) is 0 Å². The molecule has 0 heterocycles. The molecule has 1 rings (SSSR count). The number of alkyl halides is 2. The lowest BCUT2D eigenvalue weighted by atomic mass is 9.83. The van der Waals surface area contributed by atoms with E-state index in [1.165, 1.54) is 25.7 Å². The predicted octanol–water partition coefficient (Wildman–Crippen LogP) is 4.00. The van der Waals surface area contributed by atoms with Gasteiger partial charge in [0.25, 0.3) is 0 Å². The van der Waals surface area contributed by atoms with E-state index in [0.29, 0.717) is 11.8 Å². The standard InChI is InChI=1S/C12H22Cl2O2/c1-9(13)15-7-11-3-5-12(6-4-11)8-16-10(2)14/h9-12H,3-8H2,1-2H3. The van der Waals surface area contributed by atoms with Gasteiger partial charge in [0.15, 0.2) is 0 Å². The fourth-order valence-corrected chi connectivity index (χ4v) is 2.25. The Balaban J connectivity index is 2.09. The summed E-state index contributed by atoms with van der Waals surface area (Å²) in [7, 11) is 0. The summed E-state index contributed by atoms with van der Waals surface area (Å²) < 4.78 is 10.9. The Morgan fingerprint density at radius 3 is 1.44 bits per heavy atom. The minimum absolute atomic E-state index is 0.168. The van der Waals surface area contributed by atoms with Crippen molar-refractivity contribution in [2.24, 2.45) is 11.8 Å². The lowest BCUT2D eigenvalue weighted by Gasteiger charge is -2.28. The molecule has 0 saturated heterocycles. The smallest absolute Gasteiger partial charge is 0.128 e. The molecule has 0 aliphatic heterocycles. The van der Waals surface area contributed by atoms with Gasteiger partial charge in [-0.25, -0.2) is 0 Å². The van der Waals surface area contributed by atoms with Crippen molar-refractivity contribution in [3.63, 3.8) is 0 Å². The SMILES string of the molecule is CC(Cl)OCC1CCC(COC(C)Cl)CC1. The molecular formula is C12H22Cl2O2. The average Bonchev–Trinajstić information content (AvgIpc) is 2.25. The molecule has 0 aromatic rings. The molecule has 2 nitrogen and oxygen atoms in total. The largest absolute Gasteiger partial charge is 0.363 e. The molecule has 1 fully saturated rings. The normalized spacial score (nSPS) is 30.0. The quantitative estimate of drug-likeness (QED) is 0.679. The van der Waals surface area contributed by atoms with E-state index in [-0.39, 0.29) is 11.1 Å². The van der Waals surface area contributed by atoms with Crippen LogP contribution in [0, 0.1) is 11.8 Å². The maximum atomic E-state index is 5.75. The highest BCUT2D eigenvalue weighted by molar-refractivity contribution is 6.19. The molecule has 0 N–H and O–H groups in total. The van der Waals surface area contributed by atoms with Crippen molar-refractivity contribution in [1.29, 1.82) is 0 Å². The molecule has 1 saturated carbocycles. The van der Waals surface area contributed by atoms with Gasteiger partial charge >= 0.3 is 0 Å². The minimum atomic E-state index is -0.168. The minimum Gasteiger partial charge on any atom is -0.363 e. The average molecular weight is 269 g/mol. The fourth-order valence-electron chi connectivity index (χ4n) is 2.10. The van der Waals surface area contributed by atoms with Gasteiger partial charge < -0.3 is 9.47 Å². The van der Waals surface area contributed by atoms with Gasteiger partial charge in [-0.2, -0.15) is 0 Å². The molecule has 0 spiro atoms. The summed E-state index contributed by atoms with van der Waals surface area (Å²) in [4.78, 5) is 0. The highest BCUT2D eigenvalue weighted by atomic mass is 35.5. The van der Waals surface area contributed by atoms with E-state index < -0.39 is 0 Å². The molecule has 4 heteroatoms. The van der Waals surface area contributed by atoms with Crippen LogP contribution in [-0.4, -0.2) is 24.3 Å². The summed E-state index contributed by atoms with van der Waals surface area (Å²) in [6, 6.07) is 0. The molecule has 96 valence electrons. The topological polar surface area (TPSA) is 18.5 Å². The third-order valence-corrected chi connectivity index (χ3v) is 3.34. The van der Waals surface area contributed by atoms with Crippen molar-refractivity contribution >= 4 is 23.2 Å². The van der Waals surface area contributed by atoms with Crippen LogP contribution in [0.25, 0.3) is 0 Å². The summed E-state index contributed by atoms with van der Waals surface area (Å²) in [5.74, 6) is 1.34. The molecule has 0 radical (unpaired) electrons. The molecule has 2 atom stereocenters. The van der Waals surface area contributed by atoms with Crippen molar-refractivity contribution in [3.05, 3.63) is 0 Å². The summed E-state index contributed by atoms with van der Waals surface area (Å²) in [6.07, 6.45) is 4.87. The zero-order valence-electron chi connectivity index (χ0n) is 10.1. The molecule has 2 unspecified atom stereocenters. The molecule has 1 aliphatic carbocycles. The van der Waals surface area contributed by atoms with Gasteiger partial charge in [-0.3, -0.25) is 0 Å². The van der Waals surface area contributed by atoms with Crippen LogP contribution in [-0.2, 0) is 9.47 Å². The van der Waals surface area contributed by atoms with Crippen molar-refractivity contribution in [2.45, 2.75) is 50.7 Å². The molecule has 0 bridgehead atoms. The van der Waals surface area contributed by atoms with Crippen molar-refractivity contribution in [1.82, 2.24) is 0 Å². The van der Waals surface area contributed by atoms with Crippen LogP contribution in [0.15, 0.2) is 0 Å². The van der Waals surface area contributed by atoms with Crippen molar-refractivity contribution < 1.29 is 9.47 Å².